The number of nitrogens with one attached hydrogen (secondary N) is 1. The van der Waals surface area contributed by atoms with Crippen LogP contribution in [0.25, 0.3) is 0 Å². The van der Waals surface area contributed by atoms with Gasteiger partial charge in [-0.1, -0.05) is 0 Å². The van der Waals surface area contributed by atoms with E-state index in [1.807, 2.05) is 6.92 Å². The summed E-state index contributed by atoms with van der Waals surface area (Å²) in [5, 5.41) is 3.01. The van der Waals surface area contributed by atoms with E-state index in [1.165, 1.54) is 0 Å². The first kappa shape index (κ1) is 13.7. The van der Waals surface area contributed by atoms with Gasteiger partial charge >= 0.3 is 0 Å². The number of ether oxygens (including phenoxy) is 2. The zero-order valence-corrected chi connectivity index (χ0v) is 11.4. The van der Waals surface area contributed by atoms with Crippen LogP contribution in [-0.2, 0) is 4.74 Å². The Hall–Kier alpha value is -1.75. The quantitative estimate of drug-likeness (QED) is 0.813. The van der Waals surface area contributed by atoms with Gasteiger partial charge in [-0.2, -0.15) is 0 Å². The second kappa shape index (κ2) is 5.48. The highest BCUT2D eigenvalue weighted by Crippen LogP contribution is 2.22. The SMILES string of the molecule is COc1ccc(C(=O)NC2(C)CCCOC2)c(N)c1. The van der Waals surface area contributed by atoms with Crippen molar-refractivity contribution in [1.82, 2.24) is 5.32 Å². The molecule has 104 valence electrons. The van der Waals surface area contributed by atoms with Gasteiger partial charge < -0.3 is 20.5 Å². The van der Waals surface area contributed by atoms with E-state index in [-0.39, 0.29) is 11.4 Å². The summed E-state index contributed by atoms with van der Waals surface area (Å²) in [4.78, 5) is 12.3. The molecule has 3 N–H and O–H groups in total. The van der Waals surface area contributed by atoms with Gasteiger partial charge in [-0.3, -0.25) is 4.79 Å². The van der Waals surface area contributed by atoms with Crippen LogP contribution in [0.4, 0.5) is 5.69 Å². The molecule has 1 atom stereocenters. The van der Waals surface area contributed by atoms with Crippen molar-refractivity contribution in [3.8, 4) is 5.75 Å². The predicted molar refractivity (Wildman–Crippen MR) is 73.3 cm³/mol. The molecule has 0 aliphatic carbocycles. The topological polar surface area (TPSA) is 73.6 Å². The second-order valence-corrected chi connectivity index (χ2v) is 5.12. The highest BCUT2D eigenvalue weighted by molar-refractivity contribution is 5.99. The highest BCUT2D eigenvalue weighted by atomic mass is 16.5. The van der Waals surface area contributed by atoms with Gasteiger partial charge in [-0.25, -0.2) is 0 Å². The predicted octanol–water partition coefficient (Wildman–Crippen LogP) is 1.58. The van der Waals surface area contributed by atoms with Crippen LogP contribution >= 0.6 is 0 Å². The zero-order chi connectivity index (χ0) is 13.9. The summed E-state index contributed by atoms with van der Waals surface area (Å²) >= 11 is 0. The van der Waals surface area contributed by atoms with Crippen LogP contribution < -0.4 is 15.8 Å². The number of benzene rings is 1. The lowest BCUT2D eigenvalue weighted by Gasteiger charge is -2.34. The van der Waals surface area contributed by atoms with Gasteiger partial charge in [0, 0.05) is 18.4 Å². The Bertz CT molecular complexity index is 468. The molecule has 0 radical (unpaired) electrons. The van der Waals surface area contributed by atoms with Crippen molar-refractivity contribution in [2.45, 2.75) is 25.3 Å². The molecule has 0 saturated carbocycles. The standard InChI is InChI=1S/C14H20N2O3/c1-14(6-3-7-19-9-14)16-13(17)11-5-4-10(18-2)8-12(11)15/h4-5,8H,3,6-7,9,15H2,1-2H3,(H,16,17). The van der Waals surface area contributed by atoms with Crippen molar-refractivity contribution in [2.75, 3.05) is 26.1 Å². The van der Waals surface area contributed by atoms with Crippen molar-refractivity contribution in [2.24, 2.45) is 0 Å². The molecule has 1 aliphatic rings. The van der Waals surface area contributed by atoms with E-state index in [1.54, 1.807) is 25.3 Å². The first-order valence-electron chi connectivity index (χ1n) is 6.38. The minimum absolute atomic E-state index is 0.173. The van der Waals surface area contributed by atoms with Crippen molar-refractivity contribution >= 4 is 11.6 Å². The molecule has 5 heteroatoms. The molecule has 1 unspecified atom stereocenters. The Labute approximate surface area is 113 Å². The Morgan fingerprint density at radius 3 is 2.89 bits per heavy atom. The van der Waals surface area contributed by atoms with E-state index in [9.17, 15) is 4.79 Å². The van der Waals surface area contributed by atoms with Crippen LogP contribution in [0.5, 0.6) is 5.75 Å². The summed E-state index contributed by atoms with van der Waals surface area (Å²) < 4.78 is 10.5. The van der Waals surface area contributed by atoms with Crippen molar-refractivity contribution in [3.05, 3.63) is 23.8 Å². The first-order valence-corrected chi connectivity index (χ1v) is 6.38. The molecule has 1 aliphatic heterocycles. The number of hydrogen-bond donors (Lipinski definition) is 2. The third-order valence-electron chi connectivity index (χ3n) is 3.36. The summed E-state index contributed by atoms with van der Waals surface area (Å²) in [6, 6.07) is 5.05. The minimum atomic E-state index is -0.318. The fraction of sp³-hybridized carbons (Fsp3) is 0.500. The Balaban J connectivity index is 2.11. The molecule has 1 amide bonds. The lowest BCUT2D eigenvalue weighted by atomic mass is 9.94. The van der Waals surface area contributed by atoms with Crippen LogP contribution in [0.2, 0.25) is 0 Å². The number of carbonyl (C=O) groups excluding carboxylic acids is 1. The van der Waals surface area contributed by atoms with Gasteiger partial charge in [0.1, 0.15) is 5.75 Å². The average Bonchev–Trinajstić information content (AvgIpc) is 2.38. The van der Waals surface area contributed by atoms with Crippen LogP contribution in [0.3, 0.4) is 0 Å². The summed E-state index contributed by atoms with van der Waals surface area (Å²) in [5.74, 6) is 0.467. The van der Waals surface area contributed by atoms with Crippen molar-refractivity contribution in [1.29, 1.82) is 0 Å². The van der Waals surface area contributed by atoms with Gasteiger partial charge in [-0.15, -0.1) is 0 Å². The summed E-state index contributed by atoms with van der Waals surface area (Å²) in [5.41, 5.74) is 6.44. The fourth-order valence-electron chi connectivity index (χ4n) is 2.25. The fourth-order valence-corrected chi connectivity index (χ4v) is 2.25. The highest BCUT2D eigenvalue weighted by Gasteiger charge is 2.30. The minimum Gasteiger partial charge on any atom is -0.497 e. The lowest BCUT2D eigenvalue weighted by Crippen LogP contribution is -2.51. The maximum absolute atomic E-state index is 12.3. The number of nitrogen functional groups attached to an aromatic ring is 1. The molecule has 1 aromatic rings. The Morgan fingerprint density at radius 1 is 1.53 bits per heavy atom. The first-order chi connectivity index (χ1) is 9.04. The molecule has 1 fully saturated rings. The van der Waals surface area contributed by atoms with Crippen molar-refractivity contribution < 1.29 is 14.3 Å². The number of nitrogens with two attached hydrogens (primary N) is 1. The molecule has 1 aromatic carbocycles. The third kappa shape index (κ3) is 3.17. The number of hydrogen-bond acceptors (Lipinski definition) is 4. The molecule has 5 nitrogen and oxygen atoms in total. The smallest absolute Gasteiger partial charge is 0.253 e. The van der Waals surface area contributed by atoms with E-state index < -0.39 is 0 Å². The maximum atomic E-state index is 12.3. The molecule has 1 heterocycles. The summed E-state index contributed by atoms with van der Waals surface area (Å²) in [6.07, 6.45) is 1.86. The zero-order valence-electron chi connectivity index (χ0n) is 11.4. The Kier molecular flexibility index (Phi) is 3.95. The second-order valence-electron chi connectivity index (χ2n) is 5.12. The monoisotopic (exact) mass is 264 g/mol. The average molecular weight is 264 g/mol. The lowest BCUT2D eigenvalue weighted by molar-refractivity contribution is 0.0273. The Morgan fingerprint density at radius 2 is 2.32 bits per heavy atom. The number of rotatable bonds is 3. The van der Waals surface area contributed by atoms with Gasteiger partial charge in [0.15, 0.2) is 0 Å². The van der Waals surface area contributed by atoms with Crippen molar-refractivity contribution in [3.63, 3.8) is 0 Å². The number of methoxy groups -OCH3 is 1. The number of anilines is 1. The molecule has 0 aromatic heterocycles. The third-order valence-corrected chi connectivity index (χ3v) is 3.36. The largest absolute Gasteiger partial charge is 0.497 e. The molecule has 0 bridgehead atoms. The van der Waals surface area contributed by atoms with Gasteiger partial charge in [0.2, 0.25) is 0 Å². The van der Waals surface area contributed by atoms with Crippen LogP contribution in [0.1, 0.15) is 30.1 Å². The van der Waals surface area contributed by atoms with E-state index in [0.717, 1.165) is 19.4 Å². The summed E-state index contributed by atoms with van der Waals surface area (Å²) in [6.45, 7) is 3.29. The molecular formula is C14H20N2O3. The van der Waals surface area contributed by atoms with Gasteiger partial charge in [0.05, 0.1) is 24.8 Å². The van der Waals surface area contributed by atoms with E-state index in [0.29, 0.717) is 23.6 Å². The normalized spacial score (nSPS) is 22.8. The number of carbonyl (C=O) groups is 1. The van der Waals surface area contributed by atoms with Crippen LogP contribution in [0.15, 0.2) is 18.2 Å². The molecule has 0 spiro atoms. The van der Waals surface area contributed by atoms with E-state index >= 15 is 0 Å². The molecule has 1 saturated heterocycles. The van der Waals surface area contributed by atoms with Gasteiger partial charge in [-0.05, 0) is 31.9 Å². The maximum Gasteiger partial charge on any atom is 0.253 e. The van der Waals surface area contributed by atoms with Crippen LogP contribution in [-0.4, -0.2) is 31.8 Å². The van der Waals surface area contributed by atoms with Crippen LogP contribution in [0, 0.1) is 0 Å². The van der Waals surface area contributed by atoms with Gasteiger partial charge in [0.25, 0.3) is 5.91 Å². The van der Waals surface area contributed by atoms with E-state index in [2.05, 4.69) is 5.32 Å². The number of amides is 1. The molecule has 2 rings (SSSR count). The molecule has 19 heavy (non-hydrogen) atoms. The molecular weight excluding hydrogens is 244 g/mol. The summed E-state index contributed by atoms with van der Waals surface area (Å²) in [7, 11) is 1.56. The van der Waals surface area contributed by atoms with E-state index in [4.69, 9.17) is 15.2 Å².